The number of rotatable bonds is 2. The third-order valence-electron chi connectivity index (χ3n) is 3.57. The summed E-state index contributed by atoms with van der Waals surface area (Å²) in [6.07, 6.45) is 1.92. The van der Waals surface area contributed by atoms with Crippen LogP contribution in [-0.4, -0.2) is 16.4 Å². The van der Waals surface area contributed by atoms with Crippen LogP contribution in [0.15, 0.2) is 18.2 Å². The zero-order valence-corrected chi connectivity index (χ0v) is 12.6. The second kappa shape index (κ2) is 5.28. The first-order chi connectivity index (χ1) is 9.59. The Balaban J connectivity index is 2.22. The lowest BCUT2D eigenvalue weighted by Gasteiger charge is -2.12. The Morgan fingerprint density at radius 1 is 1.30 bits per heavy atom. The second-order valence-electron chi connectivity index (χ2n) is 4.87. The maximum Gasteiger partial charge on any atom is 0.129 e. The van der Waals surface area contributed by atoms with Gasteiger partial charge in [0.1, 0.15) is 17.6 Å². The van der Waals surface area contributed by atoms with E-state index in [0.717, 1.165) is 36.3 Å². The quantitative estimate of drug-likeness (QED) is 0.917. The molecule has 1 atom stereocenters. The molecular formula is C14H15Cl2N3O. The SMILES string of the molecule is Cn1nc(C2CCCO2)c(-c2c(Cl)cccc2Cl)c1N. The average molecular weight is 312 g/mol. The number of aryl methyl sites for hydroxylation is 1. The fourth-order valence-corrected chi connectivity index (χ4v) is 3.16. The van der Waals surface area contributed by atoms with Gasteiger partial charge in [-0.05, 0) is 25.0 Å². The standard InChI is InChI=1S/C14H15Cl2N3O/c1-19-14(17)12(11-8(15)4-2-5-9(11)16)13(18-19)10-6-3-7-20-10/h2,4-5,10H,3,6-7,17H2,1H3. The maximum absolute atomic E-state index is 6.31. The topological polar surface area (TPSA) is 53.1 Å². The summed E-state index contributed by atoms with van der Waals surface area (Å²) in [4.78, 5) is 0. The molecule has 3 rings (SSSR count). The Bertz CT molecular complexity index is 628. The molecule has 0 spiro atoms. The normalized spacial score (nSPS) is 18.6. The van der Waals surface area contributed by atoms with Crippen molar-refractivity contribution in [3.63, 3.8) is 0 Å². The van der Waals surface area contributed by atoms with Gasteiger partial charge in [0, 0.05) is 19.2 Å². The van der Waals surface area contributed by atoms with E-state index in [4.69, 9.17) is 33.7 Å². The van der Waals surface area contributed by atoms with Crippen molar-refractivity contribution < 1.29 is 4.74 Å². The Hall–Kier alpha value is -1.23. The molecule has 4 nitrogen and oxygen atoms in total. The molecule has 6 heteroatoms. The van der Waals surface area contributed by atoms with Crippen molar-refractivity contribution in [3.05, 3.63) is 33.9 Å². The third kappa shape index (κ3) is 2.18. The molecule has 2 N–H and O–H groups in total. The molecule has 1 aliphatic rings. The molecule has 1 aliphatic heterocycles. The smallest absolute Gasteiger partial charge is 0.129 e. The molecule has 0 amide bonds. The van der Waals surface area contributed by atoms with Gasteiger partial charge in [0.25, 0.3) is 0 Å². The molecule has 106 valence electrons. The molecule has 1 aromatic heterocycles. The number of hydrogen-bond acceptors (Lipinski definition) is 3. The molecule has 0 saturated carbocycles. The highest BCUT2D eigenvalue weighted by atomic mass is 35.5. The molecule has 1 saturated heterocycles. The summed E-state index contributed by atoms with van der Waals surface area (Å²) in [7, 11) is 1.81. The fourth-order valence-electron chi connectivity index (χ4n) is 2.57. The van der Waals surface area contributed by atoms with E-state index >= 15 is 0 Å². The van der Waals surface area contributed by atoms with Crippen molar-refractivity contribution >= 4 is 29.0 Å². The molecule has 1 unspecified atom stereocenters. The monoisotopic (exact) mass is 311 g/mol. The van der Waals surface area contributed by atoms with Gasteiger partial charge >= 0.3 is 0 Å². The summed E-state index contributed by atoms with van der Waals surface area (Å²) < 4.78 is 7.38. The number of benzene rings is 1. The highest BCUT2D eigenvalue weighted by Crippen LogP contribution is 2.43. The predicted octanol–water partition coefficient (Wildman–Crippen LogP) is 3.83. The fraction of sp³-hybridized carbons (Fsp3) is 0.357. The van der Waals surface area contributed by atoms with Crippen LogP contribution < -0.4 is 5.73 Å². The number of halogens is 2. The minimum absolute atomic E-state index is 0.0409. The summed E-state index contributed by atoms with van der Waals surface area (Å²) in [5.41, 5.74) is 8.50. The van der Waals surface area contributed by atoms with Crippen molar-refractivity contribution in [1.82, 2.24) is 9.78 Å². The molecule has 2 heterocycles. The molecule has 2 aromatic rings. The number of nitrogen functional groups attached to an aromatic ring is 1. The van der Waals surface area contributed by atoms with Gasteiger partial charge in [-0.3, -0.25) is 4.68 Å². The molecule has 20 heavy (non-hydrogen) atoms. The number of hydrogen-bond donors (Lipinski definition) is 1. The lowest BCUT2D eigenvalue weighted by Crippen LogP contribution is -2.00. The lowest BCUT2D eigenvalue weighted by molar-refractivity contribution is 0.108. The van der Waals surface area contributed by atoms with Crippen molar-refractivity contribution in [2.24, 2.45) is 7.05 Å². The Labute approximate surface area is 127 Å². The van der Waals surface area contributed by atoms with Crippen LogP contribution in [0.4, 0.5) is 5.82 Å². The molecule has 0 bridgehead atoms. The zero-order chi connectivity index (χ0) is 14.3. The number of nitrogens with two attached hydrogens (primary N) is 1. The molecular weight excluding hydrogens is 297 g/mol. The van der Waals surface area contributed by atoms with Gasteiger partial charge in [0.15, 0.2) is 0 Å². The van der Waals surface area contributed by atoms with Crippen LogP contribution >= 0.6 is 23.2 Å². The first-order valence-electron chi connectivity index (χ1n) is 6.48. The third-order valence-corrected chi connectivity index (χ3v) is 4.20. The van der Waals surface area contributed by atoms with Gasteiger partial charge in [-0.1, -0.05) is 29.3 Å². The van der Waals surface area contributed by atoms with Gasteiger partial charge in [-0.15, -0.1) is 0 Å². The van der Waals surface area contributed by atoms with Crippen molar-refractivity contribution in [2.75, 3.05) is 12.3 Å². The van der Waals surface area contributed by atoms with Crippen LogP contribution in [0, 0.1) is 0 Å². The van der Waals surface area contributed by atoms with Gasteiger partial charge in [0.05, 0.1) is 15.6 Å². The van der Waals surface area contributed by atoms with Crippen LogP contribution in [0.1, 0.15) is 24.6 Å². The second-order valence-corrected chi connectivity index (χ2v) is 5.68. The van der Waals surface area contributed by atoms with E-state index < -0.39 is 0 Å². The van der Waals surface area contributed by atoms with Crippen LogP contribution in [0.25, 0.3) is 11.1 Å². The zero-order valence-electron chi connectivity index (χ0n) is 11.1. The minimum atomic E-state index is -0.0409. The van der Waals surface area contributed by atoms with E-state index in [1.54, 1.807) is 16.8 Å². The van der Waals surface area contributed by atoms with E-state index in [2.05, 4.69) is 5.10 Å². The highest BCUT2D eigenvalue weighted by Gasteiger charge is 2.28. The van der Waals surface area contributed by atoms with E-state index in [1.807, 2.05) is 13.1 Å². The molecule has 0 radical (unpaired) electrons. The van der Waals surface area contributed by atoms with Gasteiger partial charge < -0.3 is 10.5 Å². The molecule has 1 aromatic carbocycles. The van der Waals surface area contributed by atoms with Gasteiger partial charge in [-0.2, -0.15) is 5.10 Å². The van der Waals surface area contributed by atoms with E-state index in [1.165, 1.54) is 0 Å². The lowest BCUT2D eigenvalue weighted by atomic mass is 10.0. The first kappa shape index (κ1) is 13.7. The van der Waals surface area contributed by atoms with Gasteiger partial charge in [0.2, 0.25) is 0 Å². The molecule has 0 aliphatic carbocycles. The number of aromatic nitrogens is 2. The van der Waals surface area contributed by atoms with E-state index in [0.29, 0.717) is 15.9 Å². The van der Waals surface area contributed by atoms with Crippen molar-refractivity contribution in [3.8, 4) is 11.1 Å². The Morgan fingerprint density at radius 3 is 2.60 bits per heavy atom. The van der Waals surface area contributed by atoms with Crippen LogP contribution in [0.2, 0.25) is 10.0 Å². The van der Waals surface area contributed by atoms with Crippen molar-refractivity contribution in [1.29, 1.82) is 0 Å². The van der Waals surface area contributed by atoms with E-state index in [9.17, 15) is 0 Å². The summed E-state index contributed by atoms with van der Waals surface area (Å²) in [5.74, 6) is 0.547. The summed E-state index contributed by atoms with van der Waals surface area (Å²) in [6, 6.07) is 5.41. The van der Waals surface area contributed by atoms with Crippen LogP contribution in [-0.2, 0) is 11.8 Å². The Kier molecular flexibility index (Phi) is 3.63. The van der Waals surface area contributed by atoms with E-state index in [-0.39, 0.29) is 6.10 Å². The first-order valence-corrected chi connectivity index (χ1v) is 7.23. The summed E-state index contributed by atoms with van der Waals surface area (Å²) >= 11 is 12.6. The van der Waals surface area contributed by atoms with Crippen LogP contribution in [0.5, 0.6) is 0 Å². The summed E-state index contributed by atoms with van der Waals surface area (Å²) in [6.45, 7) is 0.747. The highest BCUT2D eigenvalue weighted by molar-refractivity contribution is 6.39. The number of anilines is 1. The minimum Gasteiger partial charge on any atom is -0.383 e. The maximum atomic E-state index is 6.31. The largest absolute Gasteiger partial charge is 0.383 e. The Morgan fingerprint density at radius 2 is 2.00 bits per heavy atom. The number of nitrogens with zero attached hydrogens (tertiary/aromatic N) is 2. The average Bonchev–Trinajstić information content (AvgIpc) is 3.01. The van der Waals surface area contributed by atoms with Gasteiger partial charge in [-0.25, -0.2) is 0 Å². The van der Waals surface area contributed by atoms with Crippen LogP contribution in [0.3, 0.4) is 0 Å². The number of ether oxygens (including phenoxy) is 1. The summed E-state index contributed by atoms with van der Waals surface area (Å²) in [5, 5.41) is 5.63. The molecule has 1 fully saturated rings. The van der Waals surface area contributed by atoms with Crippen molar-refractivity contribution in [2.45, 2.75) is 18.9 Å². The predicted molar refractivity (Wildman–Crippen MR) is 81.0 cm³/mol.